The van der Waals surface area contributed by atoms with Crippen LogP contribution in [-0.4, -0.2) is 40.7 Å². The molecule has 126 valence electrons. The second-order valence-electron chi connectivity index (χ2n) is 7.54. The van der Waals surface area contributed by atoms with Gasteiger partial charge in [-0.25, -0.2) is 18.4 Å². The molecular weight excluding hydrogens is 314 g/mol. The summed E-state index contributed by atoms with van der Waals surface area (Å²) < 4.78 is 23.0. The van der Waals surface area contributed by atoms with Crippen molar-refractivity contribution in [2.75, 3.05) is 11.5 Å². The maximum absolute atomic E-state index is 12.6. The van der Waals surface area contributed by atoms with E-state index in [4.69, 9.17) is 0 Å². The fourth-order valence-corrected chi connectivity index (χ4v) is 4.56. The van der Waals surface area contributed by atoms with Crippen molar-refractivity contribution in [1.29, 1.82) is 0 Å². The van der Waals surface area contributed by atoms with E-state index in [-0.39, 0.29) is 28.7 Å². The van der Waals surface area contributed by atoms with Gasteiger partial charge in [-0.2, -0.15) is 0 Å². The van der Waals surface area contributed by atoms with Gasteiger partial charge in [-0.3, -0.25) is 4.79 Å². The lowest BCUT2D eigenvalue weighted by Crippen LogP contribution is -2.37. The van der Waals surface area contributed by atoms with Gasteiger partial charge in [0.1, 0.15) is 15.7 Å². The first-order valence-electron chi connectivity index (χ1n) is 8.00. The number of rotatable bonds is 1. The number of hydrogen-bond donors (Lipinski definition) is 0. The van der Waals surface area contributed by atoms with Crippen molar-refractivity contribution in [1.82, 2.24) is 14.9 Å². The summed E-state index contributed by atoms with van der Waals surface area (Å²) in [6.45, 7) is 7.23. The molecule has 0 unspecified atom stereocenters. The maximum Gasteiger partial charge on any atom is 0.226 e. The molecular formula is C16H23N3O3S. The third-order valence-corrected chi connectivity index (χ3v) is 6.26. The highest BCUT2D eigenvalue weighted by molar-refractivity contribution is 7.91. The Bertz CT molecular complexity index is 723. The minimum absolute atomic E-state index is 0.0511. The smallest absolute Gasteiger partial charge is 0.226 e. The van der Waals surface area contributed by atoms with Crippen molar-refractivity contribution in [2.24, 2.45) is 5.92 Å². The highest BCUT2D eigenvalue weighted by Crippen LogP contribution is 2.28. The van der Waals surface area contributed by atoms with Gasteiger partial charge < -0.3 is 4.90 Å². The molecule has 23 heavy (non-hydrogen) atoms. The molecule has 3 rings (SSSR count). The van der Waals surface area contributed by atoms with Crippen LogP contribution in [0.5, 0.6) is 0 Å². The van der Waals surface area contributed by atoms with E-state index in [0.717, 1.165) is 17.1 Å². The van der Waals surface area contributed by atoms with E-state index in [2.05, 4.69) is 30.7 Å². The number of hydrogen-bond acceptors (Lipinski definition) is 5. The Labute approximate surface area is 137 Å². The van der Waals surface area contributed by atoms with Crippen LogP contribution in [0.15, 0.2) is 6.20 Å². The predicted molar refractivity (Wildman–Crippen MR) is 86.4 cm³/mol. The van der Waals surface area contributed by atoms with Gasteiger partial charge in [0.2, 0.25) is 5.91 Å². The Morgan fingerprint density at radius 1 is 1.22 bits per heavy atom. The van der Waals surface area contributed by atoms with Crippen LogP contribution in [0.3, 0.4) is 0 Å². The summed E-state index contributed by atoms with van der Waals surface area (Å²) in [7, 11) is -2.94. The van der Waals surface area contributed by atoms with Gasteiger partial charge in [0.25, 0.3) is 0 Å². The first-order valence-corrected chi connectivity index (χ1v) is 9.82. The zero-order valence-electron chi connectivity index (χ0n) is 13.9. The van der Waals surface area contributed by atoms with Gasteiger partial charge in [0, 0.05) is 29.6 Å². The normalized spacial score (nSPS) is 21.3. The number of fused-ring (bicyclic) bond motifs is 1. The predicted octanol–water partition coefficient (Wildman–Crippen LogP) is 1.44. The van der Waals surface area contributed by atoms with Gasteiger partial charge in [-0.1, -0.05) is 20.8 Å². The van der Waals surface area contributed by atoms with Crippen LogP contribution < -0.4 is 0 Å². The van der Waals surface area contributed by atoms with Crippen LogP contribution in [0.25, 0.3) is 0 Å². The molecule has 0 radical (unpaired) electrons. The van der Waals surface area contributed by atoms with Crippen molar-refractivity contribution in [3.8, 4) is 0 Å². The maximum atomic E-state index is 12.6. The van der Waals surface area contributed by atoms with Gasteiger partial charge in [-0.05, 0) is 12.8 Å². The summed E-state index contributed by atoms with van der Waals surface area (Å²) in [6, 6.07) is 0. The molecule has 0 atom stereocenters. The summed E-state index contributed by atoms with van der Waals surface area (Å²) in [5.41, 5.74) is 1.79. The number of nitrogens with zero attached hydrogens (tertiary/aromatic N) is 3. The van der Waals surface area contributed by atoms with Crippen molar-refractivity contribution in [3.05, 3.63) is 23.3 Å². The van der Waals surface area contributed by atoms with Crippen molar-refractivity contribution >= 4 is 15.7 Å². The number of carbonyl (C=O) groups is 1. The fraction of sp³-hybridized carbons (Fsp3) is 0.688. The van der Waals surface area contributed by atoms with Crippen molar-refractivity contribution in [3.63, 3.8) is 0 Å². The molecule has 1 fully saturated rings. The third-order valence-electron chi connectivity index (χ3n) is 4.54. The zero-order valence-corrected chi connectivity index (χ0v) is 14.7. The Morgan fingerprint density at radius 3 is 2.48 bits per heavy atom. The fourth-order valence-electron chi connectivity index (χ4n) is 3.07. The van der Waals surface area contributed by atoms with E-state index in [1.54, 1.807) is 4.90 Å². The topological polar surface area (TPSA) is 80.2 Å². The molecule has 2 aliphatic rings. The molecule has 0 aliphatic carbocycles. The Hall–Kier alpha value is -1.50. The molecule has 1 aromatic rings. The lowest BCUT2D eigenvalue weighted by molar-refractivity contribution is -0.136. The molecule has 0 bridgehead atoms. The van der Waals surface area contributed by atoms with Crippen molar-refractivity contribution in [2.45, 2.75) is 52.1 Å². The van der Waals surface area contributed by atoms with E-state index in [9.17, 15) is 13.2 Å². The molecule has 0 saturated carbocycles. The Balaban J connectivity index is 1.71. The van der Waals surface area contributed by atoms with Crippen LogP contribution in [0.2, 0.25) is 0 Å². The molecule has 3 heterocycles. The second-order valence-corrected chi connectivity index (χ2v) is 9.84. The Morgan fingerprint density at radius 2 is 1.87 bits per heavy atom. The molecule has 6 nitrogen and oxygen atoms in total. The van der Waals surface area contributed by atoms with Crippen LogP contribution in [0, 0.1) is 5.92 Å². The van der Waals surface area contributed by atoms with E-state index in [0.29, 0.717) is 25.9 Å². The average molecular weight is 337 g/mol. The SMILES string of the molecule is CC(C)(C)c1ncc2c(n1)CN(C(=O)C1CCS(=O)(=O)CC1)C2. The Kier molecular flexibility index (Phi) is 3.94. The number of sulfone groups is 1. The van der Waals surface area contributed by atoms with Crippen LogP contribution in [0.1, 0.15) is 50.7 Å². The first kappa shape index (κ1) is 16.4. The largest absolute Gasteiger partial charge is 0.332 e. The molecule has 7 heteroatoms. The van der Waals surface area contributed by atoms with Crippen LogP contribution in [-0.2, 0) is 33.1 Å². The van der Waals surface area contributed by atoms with Gasteiger partial charge in [0.15, 0.2) is 0 Å². The van der Waals surface area contributed by atoms with E-state index < -0.39 is 9.84 Å². The van der Waals surface area contributed by atoms with Crippen molar-refractivity contribution < 1.29 is 13.2 Å². The number of carbonyl (C=O) groups excluding carboxylic acids is 1. The monoisotopic (exact) mass is 337 g/mol. The second kappa shape index (κ2) is 5.54. The highest BCUT2D eigenvalue weighted by atomic mass is 32.2. The first-order chi connectivity index (χ1) is 10.7. The van der Waals surface area contributed by atoms with E-state index in [1.807, 2.05) is 6.20 Å². The lowest BCUT2D eigenvalue weighted by atomic mass is 9.95. The van der Waals surface area contributed by atoms with Crippen LogP contribution >= 0.6 is 0 Å². The van der Waals surface area contributed by atoms with E-state index >= 15 is 0 Å². The summed E-state index contributed by atoms with van der Waals surface area (Å²) >= 11 is 0. The van der Waals surface area contributed by atoms with Gasteiger partial charge in [0.05, 0.1) is 23.7 Å². The quantitative estimate of drug-likeness (QED) is 0.775. The lowest BCUT2D eigenvalue weighted by Gasteiger charge is -2.25. The molecule has 1 aromatic heterocycles. The minimum Gasteiger partial charge on any atom is -0.332 e. The molecule has 1 saturated heterocycles. The van der Waals surface area contributed by atoms with E-state index in [1.165, 1.54) is 0 Å². The number of amides is 1. The molecule has 0 aromatic carbocycles. The molecule has 0 spiro atoms. The summed E-state index contributed by atoms with van der Waals surface area (Å²) in [5, 5.41) is 0. The van der Waals surface area contributed by atoms with Crippen LogP contribution in [0.4, 0.5) is 0 Å². The third kappa shape index (κ3) is 3.39. The number of aromatic nitrogens is 2. The molecule has 2 aliphatic heterocycles. The highest BCUT2D eigenvalue weighted by Gasteiger charge is 2.34. The summed E-state index contributed by atoms with van der Waals surface area (Å²) in [4.78, 5) is 23.5. The van der Waals surface area contributed by atoms with Gasteiger partial charge >= 0.3 is 0 Å². The zero-order chi connectivity index (χ0) is 16.8. The molecule has 0 N–H and O–H groups in total. The van der Waals surface area contributed by atoms with Gasteiger partial charge in [-0.15, -0.1) is 0 Å². The molecule has 1 amide bonds. The summed E-state index contributed by atoms with van der Waals surface area (Å²) in [5.74, 6) is 0.906. The summed E-state index contributed by atoms with van der Waals surface area (Å²) in [6.07, 6.45) is 2.70. The minimum atomic E-state index is -2.94. The standard InChI is InChI=1S/C16H23N3O3S/c1-16(2,3)15-17-8-12-9-19(10-13(12)18-15)14(20)11-4-6-23(21,22)7-5-11/h8,11H,4-7,9-10H2,1-3H3. The average Bonchev–Trinajstić information content (AvgIpc) is 2.88.